The molecule has 4 bridgehead atoms. The van der Waals surface area contributed by atoms with Gasteiger partial charge < -0.3 is 20.1 Å². The van der Waals surface area contributed by atoms with Crippen LogP contribution in [0.3, 0.4) is 0 Å². The summed E-state index contributed by atoms with van der Waals surface area (Å²) in [6.07, 6.45) is 6.53. The fraction of sp³-hybridized carbons (Fsp3) is 0.536. The first-order chi connectivity index (χ1) is 19.0. The van der Waals surface area contributed by atoms with Crippen molar-refractivity contribution in [3.63, 3.8) is 0 Å². The molecule has 4 aliphatic carbocycles. The molecule has 0 atom stereocenters. The number of thiophene rings is 1. The molecule has 4 fully saturated rings. The first kappa shape index (κ1) is 29.0. The topological polar surface area (TPSA) is 123 Å². The van der Waals surface area contributed by atoms with Gasteiger partial charge in [-0.05, 0) is 119 Å². The first-order valence-electron chi connectivity index (χ1n) is 13.7. The molecule has 40 heavy (non-hydrogen) atoms. The Balaban J connectivity index is 1.27. The number of esters is 2. The van der Waals surface area contributed by atoms with Crippen molar-refractivity contribution in [3.8, 4) is 0 Å². The van der Waals surface area contributed by atoms with Gasteiger partial charge in [0.05, 0.1) is 23.7 Å². The van der Waals surface area contributed by atoms with Crippen LogP contribution >= 0.6 is 23.6 Å². The molecule has 0 aliphatic heterocycles. The minimum absolute atomic E-state index is 0.171. The van der Waals surface area contributed by atoms with Gasteiger partial charge in [0.1, 0.15) is 9.88 Å². The Morgan fingerprint density at radius 1 is 0.950 bits per heavy atom. The molecule has 0 spiro atoms. The lowest BCUT2D eigenvalue weighted by Crippen LogP contribution is -2.59. The Morgan fingerprint density at radius 2 is 1.50 bits per heavy atom. The number of thiocarbonyl (C=S) groups is 1. The third-order valence-corrected chi connectivity index (χ3v) is 11.1. The highest BCUT2D eigenvalue weighted by Gasteiger charge is 2.52. The van der Waals surface area contributed by atoms with Crippen molar-refractivity contribution in [1.82, 2.24) is 4.72 Å². The predicted molar refractivity (Wildman–Crippen MR) is 158 cm³/mol. The van der Waals surface area contributed by atoms with Crippen LogP contribution in [0.4, 0.5) is 10.7 Å². The van der Waals surface area contributed by atoms with Crippen LogP contribution < -0.4 is 15.4 Å². The maximum atomic E-state index is 13.3. The normalized spacial score (nSPS) is 24.9. The zero-order valence-corrected chi connectivity index (χ0v) is 25.3. The highest BCUT2D eigenvalue weighted by Crippen LogP contribution is 2.56. The van der Waals surface area contributed by atoms with Crippen LogP contribution in [0.1, 0.15) is 78.0 Å². The molecule has 0 unspecified atom stereocenters. The average molecular weight is 606 g/mol. The van der Waals surface area contributed by atoms with Crippen molar-refractivity contribution in [2.24, 2.45) is 17.8 Å². The molecule has 3 N–H and O–H groups in total. The SMILES string of the molecule is CCOC(=O)c1sc(NC(=S)Nc2ccc(S(=O)(=O)NC34CC5CC(CC(C5)C3)C4)cc2)c(C(=O)OCC)c1C. The van der Waals surface area contributed by atoms with Gasteiger partial charge in [0, 0.05) is 11.2 Å². The van der Waals surface area contributed by atoms with Gasteiger partial charge >= 0.3 is 11.9 Å². The van der Waals surface area contributed by atoms with E-state index < -0.39 is 22.0 Å². The van der Waals surface area contributed by atoms with E-state index in [4.69, 9.17) is 21.7 Å². The maximum Gasteiger partial charge on any atom is 0.348 e. The summed E-state index contributed by atoms with van der Waals surface area (Å²) in [4.78, 5) is 25.6. The van der Waals surface area contributed by atoms with E-state index in [1.54, 1.807) is 45.0 Å². The van der Waals surface area contributed by atoms with E-state index in [9.17, 15) is 18.0 Å². The second-order valence-corrected chi connectivity index (χ2v) is 14.2. The Morgan fingerprint density at radius 3 is 2.05 bits per heavy atom. The van der Waals surface area contributed by atoms with Gasteiger partial charge in [-0.25, -0.2) is 22.7 Å². The van der Waals surface area contributed by atoms with Crippen molar-refractivity contribution in [1.29, 1.82) is 0 Å². The van der Waals surface area contributed by atoms with E-state index in [2.05, 4.69) is 15.4 Å². The van der Waals surface area contributed by atoms with E-state index in [0.717, 1.165) is 30.6 Å². The van der Waals surface area contributed by atoms with Gasteiger partial charge in [-0.2, -0.15) is 0 Å². The summed E-state index contributed by atoms with van der Waals surface area (Å²) in [5, 5.41) is 6.53. The molecule has 0 radical (unpaired) electrons. The summed E-state index contributed by atoms with van der Waals surface area (Å²) < 4.78 is 40.1. The number of nitrogens with one attached hydrogen (secondary N) is 3. The second-order valence-electron chi connectivity index (χ2n) is 11.1. The van der Waals surface area contributed by atoms with Gasteiger partial charge in [0.25, 0.3) is 0 Å². The summed E-state index contributed by atoms with van der Waals surface area (Å²) in [5.74, 6) is 0.816. The fourth-order valence-corrected chi connectivity index (χ4v) is 9.81. The Labute approximate surface area is 244 Å². The fourth-order valence-electron chi connectivity index (χ4n) is 7.00. The number of benzene rings is 1. The highest BCUT2D eigenvalue weighted by atomic mass is 32.2. The van der Waals surface area contributed by atoms with Crippen molar-refractivity contribution >= 4 is 61.3 Å². The van der Waals surface area contributed by atoms with Gasteiger partial charge in [-0.1, -0.05) is 0 Å². The van der Waals surface area contributed by atoms with Crippen molar-refractivity contribution in [2.45, 2.75) is 69.7 Å². The Hall–Kier alpha value is -2.54. The third-order valence-electron chi connectivity index (χ3n) is 8.13. The molecule has 4 aliphatic rings. The summed E-state index contributed by atoms with van der Waals surface area (Å²) >= 11 is 6.52. The lowest BCUT2D eigenvalue weighted by Gasteiger charge is -2.56. The summed E-state index contributed by atoms with van der Waals surface area (Å²) in [7, 11) is -3.67. The quantitative estimate of drug-likeness (QED) is 0.252. The zero-order valence-electron chi connectivity index (χ0n) is 22.9. The number of sulfonamides is 1. The van der Waals surface area contributed by atoms with Crippen LogP contribution in [0.5, 0.6) is 0 Å². The van der Waals surface area contributed by atoms with Gasteiger partial charge in [-0.15, -0.1) is 11.3 Å². The number of rotatable bonds is 9. The largest absolute Gasteiger partial charge is 0.462 e. The average Bonchev–Trinajstić information content (AvgIpc) is 3.18. The molecule has 1 heterocycles. The van der Waals surface area contributed by atoms with Crippen LogP contribution in [0.2, 0.25) is 0 Å². The summed E-state index contributed by atoms with van der Waals surface area (Å²) in [5.41, 5.74) is 0.931. The molecule has 6 rings (SSSR count). The summed E-state index contributed by atoms with van der Waals surface area (Å²) in [6, 6.07) is 6.42. The van der Waals surface area contributed by atoms with Gasteiger partial charge in [0.15, 0.2) is 5.11 Å². The Kier molecular flexibility index (Phi) is 8.24. The monoisotopic (exact) mass is 605 g/mol. The highest BCUT2D eigenvalue weighted by molar-refractivity contribution is 7.89. The van der Waals surface area contributed by atoms with Gasteiger partial charge in [-0.3, -0.25) is 0 Å². The minimum Gasteiger partial charge on any atom is -0.462 e. The smallest absolute Gasteiger partial charge is 0.348 e. The van der Waals surface area contributed by atoms with Crippen LogP contribution in [-0.4, -0.2) is 44.2 Å². The molecule has 2 aromatic rings. The van der Waals surface area contributed by atoms with Crippen molar-refractivity contribution < 1.29 is 27.5 Å². The molecule has 1 aromatic carbocycles. The summed E-state index contributed by atoms with van der Waals surface area (Å²) in [6.45, 7) is 5.46. The van der Waals surface area contributed by atoms with E-state index in [1.165, 1.54) is 19.3 Å². The maximum absolute atomic E-state index is 13.3. The van der Waals surface area contributed by atoms with Crippen LogP contribution in [0.25, 0.3) is 0 Å². The van der Waals surface area contributed by atoms with E-state index in [1.807, 2.05) is 0 Å². The first-order valence-corrected chi connectivity index (χ1v) is 16.4. The second kappa shape index (κ2) is 11.4. The Bertz CT molecular complexity index is 1380. The molecular weight excluding hydrogens is 571 g/mol. The molecule has 0 amide bonds. The van der Waals surface area contributed by atoms with E-state index >= 15 is 0 Å². The number of ether oxygens (including phenoxy) is 2. The van der Waals surface area contributed by atoms with Gasteiger partial charge in [0.2, 0.25) is 10.0 Å². The molecule has 0 saturated heterocycles. The molecule has 1 aromatic heterocycles. The lowest BCUT2D eigenvalue weighted by atomic mass is 9.53. The standard InChI is InChI=1S/C28H35N3O6S3/c1-4-36-25(32)22-16(3)23(26(33)37-5-2)39-24(22)30-27(38)29-20-6-8-21(9-7-20)40(34,35)31-28-13-17-10-18(14-28)12-19(11-17)15-28/h6-9,17-19,31H,4-5,10-15H2,1-3H3,(H2,29,30,38). The zero-order chi connectivity index (χ0) is 28.7. The van der Waals surface area contributed by atoms with Crippen molar-refractivity contribution in [2.75, 3.05) is 23.8 Å². The molecule has 9 nitrogen and oxygen atoms in total. The van der Waals surface area contributed by atoms with Crippen LogP contribution in [-0.2, 0) is 19.5 Å². The molecule has 4 saturated carbocycles. The number of hydrogen-bond acceptors (Lipinski definition) is 8. The minimum atomic E-state index is -3.67. The molecular formula is C28H35N3O6S3. The van der Waals surface area contributed by atoms with Crippen LogP contribution in [0, 0.1) is 24.7 Å². The number of hydrogen-bond donors (Lipinski definition) is 3. The van der Waals surface area contributed by atoms with E-state index in [0.29, 0.717) is 34.0 Å². The third kappa shape index (κ3) is 5.90. The number of anilines is 2. The molecule has 12 heteroatoms. The predicted octanol–water partition coefficient (Wildman–Crippen LogP) is 5.47. The lowest BCUT2D eigenvalue weighted by molar-refractivity contribution is -0.00811. The van der Waals surface area contributed by atoms with Crippen molar-refractivity contribution in [3.05, 3.63) is 40.3 Å². The van der Waals surface area contributed by atoms with Crippen LogP contribution in [0.15, 0.2) is 29.2 Å². The van der Waals surface area contributed by atoms with E-state index in [-0.39, 0.29) is 39.2 Å². The molecule has 216 valence electrons. The number of carbonyl (C=O) groups is 2. The number of carbonyl (C=O) groups excluding carboxylic acids is 2.